The van der Waals surface area contributed by atoms with E-state index < -0.39 is 0 Å². The zero-order valence-corrected chi connectivity index (χ0v) is 35.9. The van der Waals surface area contributed by atoms with Gasteiger partial charge in [0.05, 0.1) is 0 Å². The first-order valence-corrected chi connectivity index (χ1v) is 22.0. The highest BCUT2D eigenvalue weighted by Gasteiger charge is 2.37. The average molecular weight is 811 g/mol. The number of furan rings is 1. The minimum absolute atomic E-state index is 0.148. The fourth-order valence-corrected chi connectivity index (χ4v) is 10.6. The minimum atomic E-state index is -0.148. The monoisotopic (exact) mass is 810 g/mol. The van der Waals surface area contributed by atoms with Gasteiger partial charge in [0.1, 0.15) is 11.2 Å². The van der Waals surface area contributed by atoms with Gasteiger partial charge in [0, 0.05) is 55.7 Å². The van der Waals surface area contributed by atoms with E-state index >= 15 is 0 Å². The topological polar surface area (TPSA) is 19.6 Å². The molecule has 2 aliphatic carbocycles. The van der Waals surface area contributed by atoms with Gasteiger partial charge in [-0.25, -0.2) is 0 Å². The van der Waals surface area contributed by atoms with E-state index in [0.29, 0.717) is 0 Å². The van der Waals surface area contributed by atoms with Crippen LogP contribution in [0, 0.1) is 0 Å². The second-order valence-electron chi connectivity index (χ2n) is 18.2. The first-order chi connectivity index (χ1) is 30.7. The molecule has 3 nitrogen and oxygen atoms in total. The summed E-state index contributed by atoms with van der Waals surface area (Å²) in [4.78, 5) is 4.87. The maximum atomic E-state index is 6.34. The molecule has 0 saturated carbocycles. The van der Waals surface area contributed by atoms with E-state index in [4.69, 9.17) is 4.42 Å². The summed E-state index contributed by atoms with van der Waals surface area (Å²) < 4.78 is 6.34. The van der Waals surface area contributed by atoms with Crippen molar-refractivity contribution in [2.45, 2.75) is 38.5 Å². The van der Waals surface area contributed by atoms with Crippen LogP contribution in [-0.2, 0) is 10.8 Å². The number of anilines is 6. The van der Waals surface area contributed by atoms with Crippen molar-refractivity contribution >= 4 is 56.1 Å². The summed E-state index contributed by atoms with van der Waals surface area (Å²) in [6, 6.07) is 75.6. The Morgan fingerprint density at radius 2 is 0.762 bits per heavy atom. The van der Waals surface area contributed by atoms with Gasteiger partial charge in [0.15, 0.2) is 0 Å². The Labute approximate surface area is 369 Å². The van der Waals surface area contributed by atoms with E-state index in [2.05, 4.69) is 238 Å². The normalized spacial score (nSPS) is 14.0. The van der Waals surface area contributed by atoms with Crippen molar-refractivity contribution < 1.29 is 4.42 Å². The van der Waals surface area contributed by atoms with Crippen LogP contribution >= 0.6 is 0 Å². The molecule has 0 atom stereocenters. The van der Waals surface area contributed by atoms with Gasteiger partial charge >= 0.3 is 0 Å². The van der Waals surface area contributed by atoms with Crippen molar-refractivity contribution in [2.24, 2.45) is 0 Å². The summed E-state index contributed by atoms with van der Waals surface area (Å²) in [5.74, 6) is 0. The summed E-state index contributed by atoms with van der Waals surface area (Å²) in [6.45, 7) is 9.43. The third-order valence-electron chi connectivity index (χ3n) is 13.8. The fourth-order valence-electron chi connectivity index (χ4n) is 10.6. The third kappa shape index (κ3) is 5.80. The predicted molar refractivity (Wildman–Crippen MR) is 264 cm³/mol. The zero-order chi connectivity index (χ0) is 42.5. The molecular formula is C60H46N2O. The highest BCUT2D eigenvalue weighted by Crippen LogP contribution is 2.53. The number of para-hydroxylation sites is 3. The van der Waals surface area contributed by atoms with E-state index in [1.165, 1.54) is 44.5 Å². The maximum absolute atomic E-state index is 6.34. The molecule has 3 heteroatoms. The van der Waals surface area contributed by atoms with Crippen LogP contribution in [0.2, 0.25) is 0 Å². The third-order valence-corrected chi connectivity index (χ3v) is 13.8. The molecule has 1 heterocycles. The van der Waals surface area contributed by atoms with Crippen LogP contribution in [0.15, 0.2) is 211 Å². The second kappa shape index (κ2) is 14.0. The summed E-state index contributed by atoms with van der Waals surface area (Å²) in [5.41, 5.74) is 20.9. The quantitative estimate of drug-likeness (QED) is 0.160. The molecule has 1 aromatic heterocycles. The Bertz CT molecular complexity index is 3240. The van der Waals surface area contributed by atoms with E-state index in [9.17, 15) is 0 Å². The Morgan fingerprint density at radius 3 is 1.32 bits per heavy atom. The van der Waals surface area contributed by atoms with Gasteiger partial charge in [-0.2, -0.15) is 0 Å². The highest BCUT2D eigenvalue weighted by atomic mass is 16.3. The number of nitrogens with zero attached hydrogens (tertiary/aromatic N) is 2. The standard InChI is InChI=1S/C60H46N2O/c1-59(2)53-24-14-11-21-47(53)49-30-28-43(37-55(49)59)61(41-17-7-5-8-18-41)45-33-40(39-27-32-58-52(35-39)51-23-13-16-26-57(51)63-58)34-46(36-45)62(42-19-9-6-10-20-42)44-29-31-50-48-22-12-15-25-54(48)60(3,4)56(50)38-44/h5-38H,1-4H3. The Balaban J connectivity index is 1.11. The molecule has 0 aliphatic heterocycles. The first kappa shape index (κ1) is 37.2. The van der Waals surface area contributed by atoms with Crippen LogP contribution in [0.5, 0.6) is 0 Å². The number of rotatable bonds is 7. The molecule has 2 aliphatic rings. The molecule has 63 heavy (non-hydrogen) atoms. The van der Waals surface area contributed by atoms with Gasteiger partial charge in [-0.15, -0.1) is 0 Å². The van der Waals surface area contributed by atoms with E-state index in [0.717, 1.165) is 67.2 Å². The van der Waals surface area contributed by atoms with Crippen LogP contribution in [-0.4, -0.2) is 0 Å². The number of hydrogen-bond donors (Lipinski definition) is 0. The SMILES string of the molecule is CC1(C)c2ccccc2-c2ccc(N(c3ccccc3)c3cc(-c4ccc5oc6ccccc6c5c4)cc(N(c4ccccc4)c4ccc5c(c4)C(C)(C)c4ccccc4-5)c3)cc21. The Morgan fingerprint density at radius 1 is 0.302 bits per heavy atom. The lowest BCUT2D eigenvalue weighted by molar-refractivity contribution is 0.660. The summed E-state index contributed by atoms with van der Waals surface area (Å²) in [5, 5.41) is 2.22. The van der Waals surface area contributed by atoms with Crippen LogP contribution < -0.4 is 9.80 Å². The van der Waals surface area contributed by atoms with Gasteiger partial charge in [-0.3, -0.25) is 0 Å². The summed E-state index contributed by atoms with van der Waals surface area (Å²) in [7, 11) is 0. The molecular weight excluding hydrogens is 765 g/mol. The Kier molecular flexibility index (Phi) is 8.23. The number of hydrogen-bond acceptors (Lipinski definition) is 3. The van der Waals surface area contributed by atoms with Gasteiger partial charge in [-0.1, -0.05) is 149 Å². The van der Waals surface area contributed by atoms with Gasteiger partial charge in [-0.05, 0) is 141 Å². The molecule has 0 fully saturated rings. The predicted octanol–water partition coefficient (Wildman–Crippen LogP) is 16.8. The molecule has 0 bridgehead atoms. The minimum Gasteiger partial charge on any atom is -0.456 e. The largest absolute Gasteiger partial charge is 0.456 e. The van der Waals surface area contributed by atoms with Crippen molar-refractivity contribution in [1.29, 1.82) is 0 Å². The number of benzene rings is 9. The molecule has 0 amide bonds. The van der Waals surface area contributed by atoms with Gasteiger partial charge < -0.3 is 14.2 Å². The van der Waals surface area contributed by atoms with E-state index in [-0.39, 0.29) is 10.8 Å². The van der Waals surface area contributed by atoms with Crippen molar-refractivity contribution in [1.82, 2.24) is 0 Å². The summed E-state index contributed by atoms with van der Waals surface area (Å²) in [6.07, 6.45) is 0. The Hall–Kier alpha value is -7.62. The molecule has 0 unspecified atom stereocenters. The lowest BCUT2D eigenvalue weighted by Crippen LogP contribution is -2.17. The number of fused-ring (bicyclic) bond motifs is 9. The molecule has 12 rings (SSSR count). The van der Waals surface area contributed by atoms with Gasteiger partial charge in [0.25, 0.3) is 0 Å². The van der Waals surface area contributed by atoms with E-state index in [1.807, 2.05) is 6.07 Å². The first-order valence-electron chi connectivity index (χ1n) is 22.0. The molecule has 0 N–H and O–H groups in total. The molecule has 0 spiro atoms. The van der Waals surface area contributed by atoms with Crippen molar-refractivity contribution in [3.05, 3.63) is 229 Å². The van der Waals surface area contributed by atoms with Crippen molar-refractivity contribution in [3.8, 4) is 33.4 Å². The van der Waals surface area contributed by atoms with Crippen LogP contribution in [0.1, 0.15) is 49.9 Å². The van der Waals surface area contributed by atoms with E-state index in [1.54, 1.807) is 0 Å². The average Bonchev–Trinajstić information content (AvgIpc) is 3.89. The van der Waals surface area contributed by atoms with Crippen LogP contribution in [0.3, 0.4) is 0 Å². The van der Waals surface area contributed by atoms with Gasteiger partial charge in [0.2, 0.25) is 0 Å². The second-order valence-corrected chi connectivity index (χ2v) is 18.2. The lowest BCUT2D eigenvalue weighted by atomic mass is 9.82. The molecule has 9 aromatic carbocycles. The highest BCUT2D eigenvalue weighted by molar-refractivity contribution is 6.06. The molecule has 10 aromatic rings. The summed E-state index contributed by atoms with van der Waals surface area (Å²) >= 11 is 0. The molecule has 0 saturated heterocycles. The van der Waals surface area contributed by atoms with Crippen LogP contribution in [0.25, 0.3) is 55.3 Å². The van der Waals surface area contributed by atoms with Crippen molar-refractivity contribution in [3.63, 3.8) is 0 Å². The smallest absolute Gasteiger partial charge is 0.135 e. The molecule has 302 valence electrons. The zero-order valence-electron chi connectivity index (χ0n) is 35.9. The molecule has 0 radical (unpaired) electrons. The maximum Gasteiger partial charge on any atom is 0.135 e. The van der Waals surface area contributed by atoms with Crippen LogP contribution in [0.4, 0.5) is 34.1 Å². The lowest BCUT2D eigenvalue weighted by Gasteiger charge is -2.32. The van der Waals surface area contributed by atoms with Crippen molar-refractivity contribution in [2.75, 3.05) is 9.80 Å². The fraction of sp³-hybridized carbons (Fsp3) is 0.100.